The largest absolute Gasteiger partial charge is 0.491 e. The van der Waals surface area contributed by atoms with Gasteiger partial charge in [0.05, 0.1) is 25.0 Å². The maximum atomic E-state index is 12.8. The molecule has 0 aromatic heterocycles. The lowest BCUT2D eigenvalue weighted by Crippen LogP contribution is -2.28. The van der Waals surface area contributed by atoms with Gasteiger partial charge in [-0.05, 0) is 46.9 Å². The Hall–Kier alpha value is -2.56. The minimum Gasteiger partial charge on any atom is -0.469 e. The maximum absolute atomic E-state index is 12.8. The predicted octanol–water partition coefficient (Wildman–Crippen LogP) is 0.00280. The molecule has 136 valence electrons. The summed E-state index contributed by atoms with van der Waals surface area (Å²) in [5, 5.41) is 9.76. The van der Waals surface area contributed by atoms with Crippen molar-refractivity contribution in [1.29, 1.82) is 0 Å². The van der Waals surface area contributed by atoms with Crippen LogP contribution in [0, 0.1) is 0 Å². The van der Waals surface area contributed by atoms with Crippen molar-refractivity contribution in [3.8, 4) is 0 Å². The van der Waals surface area contributed by atoms with Crippen LogP contribution in [0.2, 0.25) is 0 Å². The second kappa shape index (κ2) is 6.98. The van der Waals surface area contributed by atoms with E-state index in [0.717, 1.165) is 5.56 Å². The molecule has 26 heavy (non-hydrogen) atoms. The van der Waals surface area contributed by atoms with Gasteiger partial charge >= 0.3 is 13.1 Å². The summed E-state index contributed by atoms with van der Waals surface area (Å²) < 4.78 is 37.7. The highest BCUT2D eigenvalue weighted by Crippen LogP contribution is 2.23. The second-order valence-corrected chi connectivity index (χ2v) is 7.45. The van der Waals surface area contributed by atoms with E-state index < -0.39 is 23.1 Å². The van der Waals surface area contributed by atoms with Crippen LogP contribution in [-0.2, 0) is 37.2 Å². The van der Waals surface area contributed by atoms with E-state index in [1.165, 1.54) is 31.4 Å². The second-order valence-electron chi connectivity index (χ2n) is 5.80. The normalized spacial score (nSPS) is 13.4. The third-order valence-electron chi connectivity index (χ3n) is 4.00. The molecule has 0 radical (unpaired) electrons. The number of methoxy groups -OCH3 is 1. The smallest absolute Gasteiger partial charge is 0.469 e. The van der Waals surface area contributed by atoms with Crippen molar-refractivity contribution in [3.05, 3.63) is 47.5 Å². The number of rotatable bonds is 5. The number of sulfonamides is 1. The zero-order valence-corrected chi connectivity index (χ0v) is 14.7. The van der Waals surface area contributed by atoms with Crippen LogP contribution in [0.4, 0.5) is 11.4 Å². The molecule has 0 spiro atoms. The van der Waals surface area contributed by atoms with E-state index in [-0.39, 0.29) is 29.2 Å². The van der Waals surface area contributed by atoms with Gasteiger partial charge in [0, 0.05) is 11.4 Å². The van der Waals surface area contributed by atoms with Crippen molar-refractivity contribution in [2.24, 2.45) is 0 Å². The third-order valence-corrected chi connectivity index (χ3v) is 5.48. The minimum atomic E-state index is -3.99. The van der Waals surface area contributed by atoms with E-state index in [1.807, 2.05) is 0 Å². The quantitative estimate of drug-likeness (QED) is 0.381. The number of hydrogen-bond acceptors (Lipinski definition) is 7. The van der Waals surface area contributed by atoms with Crippen LogP contribution in [0.15, 0.2) is 41.3 Å². The summed E-state index contributed by atoms with van der Waals surface area (Å²) in [6.45, 7) is 0.269. The van der Waals surface area contributed by atoms with Crippen LogP contribution in [0.3, 0.4) is 0 Å². The van der Waals surface area contributed by atoms with Crippen LogP contribution in [0.25, 0.3) is 0 Å². The van der Waals surface area contributed by atoms with Gasteiger partial charge in [0.25, 0.3) is 10.0 Å². The van der Waals surface area contributed by atoms with Gasteiger partial charge in [-0.25, -0.2) is 8.42 Å². The lowest BCUT2D eigenvalue weighted by Gasteiger charge is -2.13. The van der Waals surface area contributed by atoms with Crippen molar-refractivity contribution in [2.75, 3.05) is 17.6 Å². The molecule has 0 saturated carbocycles. The van der Waals surface area contributed by atoms with Crippen molar-refractivity contribution in [1.82, 2.24) is 0 Å². The van der Waals surface area contributed by atoms with E-state index in [0.29, 0.717) is 11.2 Å². The fourth-order valence-corrected chi connectivity index (χ4v) is 3.99. The molecule has 0 fully saturated rings. The van der Waals surface area contributed by atoms with E-state index in [9.17, 15) is 18.2 Å². The SMILES string of the molecule is COC(=O)Cc1cc(N)ccc1S(=O)(=O)Nc1ccc2c(c1)B(O)OC2. The molecule has 8 nitrogen and oxygen atoms in total. The summed E-state index contributed by atoms with van der Waals surface area (Å²) in [6, 6.07) is 8.97. The number of nitrogens with one attached hydrogen (secondary N) is 1. The number of carbonyl (C=O) groups excluding carboxylic acids is 1. The number of carbonyl (C=O) groups is 1. The van der Waals surface area contributed by atoms with Gasteiger partial charge in [0.15, 0.2) is 0 Å². The average molecular weight is 376 g/mol. The molecule has 1 heterocycles. The number of ether oxygens (including phenoxy) is 1. The summed E-state index contributed by atoms with van der Waals surface area (Å²) in [5.41, 5.74) is 7.85. The van der Waals surface area contributed by atoms with E-state index in [4.69, 9.17) is 10.4 Å². The van der Waals surface area contributed by atoms with Gasteiger partial charge in [0.1, 0.15) is 0 Å². The summed E-state index contributed by atoms with van der Waals surface area (Å²) in [7, 11) is -3.85. The number of hydrogen-bond donors (Lipinski definition) is 3. The number of esters is 1. The fraction of sp³-hybridized carbons (Fsp3) is 0.188. The number of anilines is 2. The molecule has 1 aliphatic rings. The van der Waals surface area contributed by atoms with Crippen molar-refractivity contribution >= 4 is 39.9 Å². The molecule has 0 unspecified atom stereocenters. The Kier molecular flexibility index (Phi) is 4.90. The summed E-state index contributed by atoms with van der Waals surface area (Å²) in [4.78, 5) is 11.5. The van der Waals surface area contributed by atoms with Crippen LogP contribution < -0.4 is 15.9 Å². The van der Waals surface area contributed by atoms with Crippen molar-refractivity contribution in [2.45, 2.75) is 17.9 Å². The van der Waals surface area contributed by atoms with Gasteiger partial charge < -0.3 is 20.1 Å². The lowest BCUT2D eigenvalue weighted by atomic mass is 9.79. The van der Waals surface area contributed by atoms with E-state index in [1.54, 1.807) is 12.1 Å². The first-order valence-electron chi connectivity index (χ1n) is 7.70. The third kappa shape index (κ3) is 3.67. The van der Waals surface area contributed by atoms with Gasteiger partial charge in [-0.3, -0.25) is 9.52 Å². The molecule has 10 heteroatoms. The Balaban J connectivity index is 1.94. The maximum Gasteiger partial charge on any atom is 0.491 e. The Morgan fingerprint density at radius 3 is 2.85 bits per heavy atom. The highest BCUT2D eigenvalue weighted by atomic mass is 32.2. The summed E-state index contributed by atoms with van der Waals surface area (Å²) in [5.74, 6) is -0.579. The molecule has 1 aliphatic heterocycles. The molecule has 0 aliphatic carbocycles. The van der Waals surface area contributed by atoms with Gasteiger partial charge in [-0.2, -0.15) is 0 Å². The molecule has 3 rings (SSSR count). The highest BCUT2D eigenvalue weighted by molar-refractivity contribution is 7.92. The Labute approximate surface area is 151 Å². The first kappa shape index (κ1) is 18.2. The molecule has 2 aromatic carbocycles. The monoisotopic (exact) mass is 376 g/mol. The van der Waals surface area contributed by atoms with Crippen LogP contribution in [0.5, 0.6) is 0 Å². The van der Waals surface area contributed by atoms with Gasteiger partial charge in [-0.15, -0.1) is 0 Å². The van der Waals surface area contributed by atoms with Crippen molar-refractivity contribution < 1.29 is 27.6 Å². The van der Waals surface area contributed by atoms with E-state index >= 15 is 0 Å². The molecule has 2 aromatic rings. The highest BCUT2D eigenvalue weighted by Gasteiger charge is 2.28. The zero-order chi connectivity index (χ0) is 18.9. The Bertz CT molecular complexity index is 963. The number of fused-ring (bicyclic) bond motifs is 1. The molecule has 4 N–H and O–H groups in total. The first-order chi connectivity index (χ1) is 12.3. The topological polar surface area (TPSA) is 128 Å². The van der Waals surface area contributed by atoms with Gasteiger partial charge in [0.2, 0.25) is 0 Å². The average Bonchev–Trinajstić information content (AvgIpc) is 2.95. The lowest BCUT2D eigenvalue weighted by molar-refractivity contribution is -0.139. The zero-order valence-electron chi connectivity index (χ0n) is 13.9. The summed E-state index contributed by atoms with van der Waals surface area (Å²) in [6.07, 6.45) is -0.228. The minimum absolute atomic E-state index is 0.0746. The number of nitrogens with two attached hydrogens (primary N) is 1. The molecular weight excluding hydrogens is 359 g/mol. The molecule has 0 atom stereocenters. The van der Waals surface area contributed by atoms with Crippen LogP contribution in [0.1, 0.15) is 11.1 Å². The first-order valence-corrected chi connectivity index (χ1v) is 9.19. The van der Waals surface area contributed by atoms with Gasteiger partial charge in [-0.1, -0.05) is 6.07 Å². The Morgan fingerprint density at radius 1 is 1.35 bits per heavy atom. The Morgan fingerprint density at radius 2 is 2.12 bits per heavy atom. The molecule has 0 bridgehead atoms. The summed E-state index contributed by atoms with van der Waals surface area (Å²) >= 11 is 0. The fourth-order valence-electron chi connectivity index (χ4n) is 2.72. The molecular formula is C16H17BN2O6S. The number of benzene rings is 2. The van der Waals surface area contributed by atoms with Crippen molar-refractivity contribution in [3.63, 3.8) is 0 Å². The standard InChI is InChI=1S/C16H17BN2O6S/c1-24-16(20)7-11-6-12(18)3-5-15(11)26(22,23)19-13-4-2-10-9-25-17(21)14(10)8-13/h2-6,8,19,21H,7,9,18H2,1H3. The molecule has 0 saturated heterocycles. The van der Waals surface area contributed by atoms with Crippen LogP contribution in [-0.4, -0.2) is 33.6 Å². The van der Waals surface area contributed by atoms with E-state index in [2.05, 4.69) is 9.46 Å². The predicted molar refractivity (Wildman–Crippen MR) is 96.2 cm³/mol. The van der Waals surface area contributed by atoms with Crippen LogP contribution >= 0.6 is 0 Å². The number of nitrogen functional groups attached to an aromatic ring is 1. The molecule has 0 amide bonds.